The number of carbonyl (C=O) groups excluding carboxylic acids is 1. The van der Waals surface area contributed by atoms with E-state index in [1.807, 2.05) is 0 Å². The second kappa shape index (κ2) is 4.58. The van der Waals surface area contributed by atoms with Crippen molar-refractivity contribution in [1.29, 1.82) is 0 Å². The van der Waals surface area contributed by atoms with Crippen molar-refractivity contribution in [2.24, 2.45) is 5.73 Å². The molecule has 0 fully saturated rings. The van der Waals surface area contributed by atoms with Crippen molar-refractivity contribution >= 4 is 17.5 Å². The maximum Gasteiger partial charge on any atom is 0.231 e. The fourth-order valence-electron chi connectivity index (χ4n) is 0.723. The Morgan fingerprint density at radius 2 is 2.43 bits per heavy atom. The van der Waals surface area contributed by atoms with Crippen LogP contribution in [0.1, 0.15) is 12.0 Å². The fourth-order valence-corrected chi connectivity index (χ4v) is 0.889. The minimum atomic E-state index is -0.743. The Balaban J connectivity index is 2.81. The minimum Gasteiger partial charge on any atom is -0.369 e. The number of halogens is 2. The zero-order chi connectivity index (χ0) is 10.6. The van der Waals surface area contributed by atoms with Gasteiger partial charge in [0.05, 0.1) is 11.4 Å². The van der Waals surface area contributed by atoms with E-state index in [4.69, 9.17) is 17.3 Å². The zero-order valence-corrected chi connectivity index (χ0v) is 7.81. The van der Waals surface area contributed by atoms with Crippen LogP contribution in [0.2, 0.25) is 5.02 Å². The van der Waals surface area contributed by atoms with E-state index < -0.39 is 11.9 Å². The molecule has 0 radical (unpaired) electrons. The number of nitrogens with two attached hydrogens (primary N) is 1. The molecule has 1 rings (SSSR count). The molecule has 1 amide bonds. The summed E-state index contributed by atoms with van der Waals surface area (Å²) < 4.78 is 12.6. The van der Waals surface area contributed by atoms with E-state index in [2.05, 4.69) is 16.8 Å². The lowest BCUT2D eigenvalue weighted by Gasteiger charge is -1.92. The molecule has 0 aromatic carbocycles. The van der Waals surface area contributed by atoms with Crippen molar-refractivity contribution in [3.63, 3.8) is 0 Å². The third kappa shape index (κ3) is 3.04. The quantitative estimate of drug-likeness (QED) is 0.560. The lowest BCUT2D eigenvalue weighted by atomic mass is 10.3. The first-order valence-corrected chi connectivity index (χ1v) is 4.05. The van der Waals surface area contributed by atoms with Gasteiger partial charge in [-0.05, 0) is 6.07 Å². The van der Waals surface area contributed by atoms with Gasteiger partial charge in [-0.15, -0.1) is 0 Å². The Morgan fingerprint density at radius 3 is 3.00 bits per heavy atom. The number of hydrogen-bond donors (Lipinski definition) is 1. The average Bonchev–Trinajstić information content (AvgIpc) is 2.10. The van der Waals surface area contributed by atoms with Crippen LogP contribution in [0.5, 0.6) is 0 Å². The van der Waals surface area contributed by atoms with Crippen molar-refractivity contribution in [3.05, 3.63) is 28.8 Å². The number of primary amides is 1. The summed E-state index contributed by atoms with van der Waals surface area (Å²) >= 11 is 5.46. The van der Waals surface area contributed by atoms with Gasteiger partial charge in [-0.1, -0.05) is 23.4 Å². The highest BCUT2D eigenvalue weighted by molar-refractivity contribution is 6.30. The fraction of sp³-hybridized carbons (Fsp3) is 0.111. The molecule has 3 nitrogen and oxygen atoms in total. The van der Waals surface area contributed by atoms with Crippen LogP contribution >= 0.6 is 11.6 Å². The van der Waals surface area contributed by atoms with Gasteiger partial charge in [0.25, 0.3) is 0 Å². The summed E-state index contributed by atoms with van der Waals surface area (Å²) in [5.74, 6) is 3.82. The van der Waals surface area contributed by atoms with Crippen molar-refractivity contribution in [3.8, 4) is 11.8 Å². The third-order valence-electron chi connectivity index (χ3n) is 1.29. The molecule has 14 heavy (non-hydrogen) atoms. The number of nitrogens with zero attached hydrogens (tertiary/aromatic N) is 1. The molecule has 0 aliphatic carbocycles. The van der Waals surface area contributed by atoms with Crippen LogP contribution in [0.3, 0.4) is 0 Å². The van der Waals surface area contributed by atoms with Gasteiger partial charge < -0.3 is 5.73 Å². The second-order valence-corrected chi connectivity index (χ2v) is 2.85. The summed E-state index contributed by atoms with van der Waals surface area (Å²) in [5.41, 5.74) is 5.31. The molecular formula is C9H6ClFN2O. The summed E-state index contributed by atoms with van der Waals surface area (Å²) in [4.78, 5) is 13.7. The van der Waals surface area contributed by atoms with Crippen LogP contribution in [0.25, 0.3) is 0 Å². The van der Waals surface area contributed by atoms with E-state index >= 15 is 0 Å². The summed E-state index contributed by atoms with van der Waals surface area (Å²) in [6, 6.07) is 1.33. The number of aromatic nitrogens is 1. The normalized spacial score (nSPS) is 9.00. The van der Waals surface area contributed by atoms with Gasteiger partial charge in [-0.3, -0.25) is 4.79 Å². The van der Waals surface area contributed by atoms with Crippen LogP contribution in [-0.2, 0) is 4.79 Å². The SMILES string of the molecule is NC(=O)CC#Cc1cnc(F)c(Cl)c1. The van der Waals surface area contributed by atoms with Crippen LogP contribution in [-0.4, -0.2) is 10.9 Å². The molecule has 1 heterocycles. The molecule has 5 heteroatoms. The highest BCUT2D eigenvalue weighted by atomic mass is 35.5. The predicted octanol–water partition coefficient (Wildman–Crippen LogP) is 1.10. The Hall–Kier alpha value is -1.60. The lowest BCUT2D eigenvalue weighted by Crippen LogP contribution is -2.08. The van der Waals surface area contributed by atoms with Gasteiger partial charge >= 0.3 is 0 Å². The second-order valence-electron chi connectivity index (χ2n) is 2.44. The van der Waals surface area contributed by atoms with Crippen LogP contribution < -0.4 is 5.73 Å². The van der Waals surface area contributed by atoms with Gasteiger partial charge in [0.1, 0.15) is 0 Å². The highest BCUT2D eigenvalue weighted by Gasteiger charge is 1.99. The first-order chi connectivity index (χ1) is 6.59. The first kappa shape index (κ1) is 10.5. The van der Waals surface area contributed by atoms with Gasteiger partial charge in [0.2, 0.25) is 11.9 Å². The molecule has 0 aliphatic rings. The predicted molar refractivity (Wildman–Crippen MR) is 49.9 cm³/mol. The zero-order valence-electron chi connectivity index (χ0n) is 7.05. The van der Waals surface area contributed by atoms with Crippen LogP contribution in [0.15, 0.2) is 12.3 Å². The highest BCUT2D eigenvalue weighted by Crippen LogP contribution is 2.12. The van der Waals surface area contributed by atoms with Crippen molar-refractivity contribution in [2.45, 2.75) is 6.42 Å². The topological polar surface area (TPSA) is 56.0 Å². The summed E-state index contributed by atoms with van der Waals surface area (Å²) in [7, 11) is 0. The van der Waals surface area contributed by atoms with E-state index in [1.54, 1.807) is 0 Å². The molecule has 1 aromatic rings. The average molecular weight is 213 g/mol. The number of pyridine rings is 1. The molecule has 0 unspecified atom stereocenters. The van der Waals surface area contributed by atoms with E-state index in [-0.39, 0.29) is 11.4 Å². The monoisotopic (exact) mass is 212 g/mol. The number of carbonyl (C=O) groups is 1. The molecule has 0 spiro atoms. The van der Waals surface area contributed by atoms with Gasteiger partial charge in [0.15, 0.2) is 0 Å². The third-order valence-corrected chi connectivity index (χ3v) is 1.56. The van der Waals surface area contributed by atoms with E-state index in [1.165, 1.54) is 12.3 Å². The molecule has 0 aliphatic heterocycles. The number of hydrogen-bond acceptors (Lipinski definition) is 2. The van der Waals surface area contributed by atoms with Crippen molar-refractivity contribution < 1.29 is 9.18 Å². The molecule has 0 atom stereocenters. The maximum atomic E-state index is 12.6. The van der Waals surface area contributed by atoms with Gasteiger partial charge in [-0.25, -0.2) is 4.98 Å². The molecule has 72 valence electrons. The Bertz CT molecular complexity index is 423. The van der Waals surface area contributed by atoms with Crippen molar-refractivity contribution in [1.82, 2.24) is 4.98 Å². The Kier molecular flexibility index (Phi) is 3.43. The molecule has 0 saturated heterocycles. The summed E-state index contributed by atoms with van der Waals surface area (Å²) in [6.07, 6.45) is 1.18. The Labute approximate surface area is 85.1 Å². The smallest absolute Gasteiger partial charge is 0.231 e. The van der Waals surface area contributed by atoms with E-state index in [0.717, 1.165) is 0 Å². The number of amides is 1. The largest absolute Gasteiger partial charge is 0.369 e. The molecular weight excluding hydrogens is 207 g/mol. The van der Waals surface area contributed by atoms with E-state index in [0.29, 0.717) is 5.56 Å². The maximum absolute atomic E-state index is 12.6. The van der Waals surface area contributed by atoms with E-state index in [9.17, 15) is 9.18 Å². The molecule has 2 N–H and O–H groups in total. The molecule has 0 bridgehead atoms. The minimum absolute atomic E-state index is 0.0466. The van der Waals surface area contributed by atoms with Crippen LogP contribution in [0.4, 0.5) is 4.39 Å². The van der Waals surface area contributed by atoms with Gasteiger partial charge in [0, 0.05) is 11.8 Å². The standard InChI is InChI=1S/C9H6ClFN2O/c10-7-4-6(5-13-9(7)11)2-1-3-8(12)14/h4-5H,3H2,(H2,12,14). The molecule has 0 saturated carbocycles. The van der Waals surface area contributed by atoms with Gasteiger partial charge in [-0.2, -0.15) is 4.39 Å². The number of rotatable bonds is 1. The Morgan fingerprint density at radius 1 is 1.71 bits per heavy atom. The van der Waals surface area contributed by atoms with Crippen molar-refractivity contribution in [2.75, 3.05) is 0 Å². The molecule has 1 aromatic heterocycles. The summed E-state index contributed by atoms with van der Waals surface area (Å²) in [6.45, 7) is 0. The summed E-state index contributed by atoms with van der Waals surface area (Å²) in [5, 5.41) is -0.101. The first-order valence-electron chi connectivity index (χ1n) is 3.68. The van der Waals surface area contributed by atoms with Crippen LogP contribution in [0, 0.1) is 17.8 Å². The lowest BCUT2D eigenvalue weighted by molar-refractivity contribution is -0.117.